The summed E-state index contributed by atoms with van der Waals surface area (Å²) < 4.78 is 1.96. The molecule has 0 aliphatic rings. The zero-order valence-corrected chi connectivity index (χ0v) is 17.5. The number of aromatic hydroxyl groups is 1. The number of rotatable bonds is 5. The van der Waals surface area contributed by atoms with Gasteiger partial charge in [-0.2, -0.15) is 0 Å². The van der Waals surface area contributed by atoms with Gasteiger partial charge in [-0.3, -0.25) is 4.79 Å². The summed E-state index contributed by atoms with van der Waals surface area (Å²) in [5, 5.41) is 20.9. The van der Waals surface area contributed by atoms with Gasteiger partial charge in [-0.05, 0) is 24.0 Å². The predicted octanol–water partition coefficient (Wildman–Crippen LogP) is 4.46. The van der Waals surface area contributed by atoms with Crippen molar-refractivity contribution in [2.75, 3.05) is 5.75 Å². The third kappa shape index (κ3) is 3.89. The quantitative estimate of drug-likeness (QED) is 0.361. The smallest absolute Gasteiger partial charge is 0.267 e. The van der Waals surface area contributed by atoms with Crippen molar-refractivity contribution in [3.05, 3.63) is 63.5 Å². The van der Waals surface area contributed by atoms with Crippen LogP contribution in [-0.2, 0) is 0 Å². The molecule has 3 aromatic heterocycles. The highest BCUT2D eigenvalue weighted by molar-refractivity contribution is 8.01. The molecule has 0 fully saturated rings. The lowest BCUT2D eigenvalue weighted by Crippen LogP contribution is -2.21. The van der Waals surface area contributed by atoms with Crippen molar-refractivity contribution in [1.29, 1.82) is 0 Å². The number of pyridine rings is 2. The lowest BCUT2D eigenvalue weighted by atomic mass is 10.1. The van der Waals surface area contributed by atoms with Gasteiger partial charge in [-0.25, -0.2) is 14.5 Å². The van der Waals surface area contributed by atoms with Crippen LogP contribution in [0.15, 0.2) is 56.7 Å². The molecule has 29 heavy (non-hydrogen) atoms. The number of hydrogen-bond donors (Lipinski definition) is 1. The first kappa shape index (κ1) is 19.6. The van der Waals surface area contributed by atoms with Crippen molar-refractivity contribution in [1.82, 2.24) is 19.7 Å². The topological polar surface area (TPSA) is 93.3 Å². The molecule has 10 heteroatoms. The normalized spacial score (nSPS) is 11.5. The first-order chi connectivity index (χ1) is 14.1. The highest BCUT2D eigenvalue weighted by Gasteiger charge is 2.17. The van der Waals surface area contributed by atoms with Gasteiger partial charge in [-0.15, -0.1) is 10.2 Å². The Balaban J connectivity index is 1.89. The molecule has 0 unspecified atom stereocenters. The van der Waals surface area contributed by atoms with E-state index in [4.69, 9.17) is 11.6 Å². The molecular weight excluding hydrogens is 430 g/mol. The average molecular weight is 444 g/mol. The molecule has 0 aliphatic carbocycles. The number of hydrogen-bond acceptors (Lipinski definition) is 8. The standard InChI is InChI=1S/C19H14ClN5O2S2/c1-2-28-19-24-23-18(29-19)22-10-14-12-5-3-4-6-13(12)16(26)25(17(14)27)15-8-7-11(20)9-21-15/h3-10,27H,2H2,1H3. The second-order valence-electron chi connectivity index (χ2n) is 5.80. The van der Waals surface area contributed by atoms with Crippen LogP contribution in [0.3, 0.4) is 0 Å². The molecule has 0 saturated heterocycles. The van der Waals surface area contributed by atoms with Crippen LogP contribution in [0.5, 0.6) is 5.88 Å². The van der Waals surface area contributed by atoms with Gasteiger partial charge in [0.1, 0.15) is 5.82 Å². The summed E-state index contributed by atoms with van der Waals surface area (Å²) >= 11 is 8.84. The molecule has 4 rings (SSSR count). The maximum Gasteiger partial charge on any atom is 0.267 e. The Bertz CT molecular complexity index is 1270. The van der Waals surface area contributed by atoms with E-state index < -0.39 is 0 Å². The number of nitrogens with zero attached hydrogens (tertiary/aromatic N) is 5. The molecule has 1 aromatic carbocycles. The largest absolute Gasteiger partial charge is 0.494 e. The molecular formula is C19H14ClN5O2S2. The molecule has 0 atom stereocenters. The Morgan fingerprint density at radius 2 is 2.03 bits per heavy atom. The van der Waals surface area contributed by atoms with Crippen molar-refractivity contribution in [2.24, 2.45) is 4.99 Å². The minimum atomic E-state index is -0.386. The van der Waals surface area contributed by atoms with E-state index in [0.717, 1.165) is 14.7 Å². The number of halogens is 1. The molecule has 0 aliphatic heterocycles. The van der Waals surface area contributed by atoms with Gasteiger partial charge in [0.05, 0.1) is 10.6 Å². The molecule has 0 spiro atoms. The molecule has 0 saturated carbocycles. The van der Waals surface area contributed by atoms with Crippen LogP contribution in [0.1, 0.15) is 12.5 Å². The van der Waals surface area contributed by atoms with Crippen LogP contribution in [0.2, 0.25) is 5.02 Å². The summed E-state index contributed by atoms with van der Waals surface area (Å²) in [4.78, 5) is 21.5. The van der Waals surface area contributed by atoms with Crippen molar-refractivity contribution in [3.8, 4) is 11.7 Å². The van der Waals surface area contributed by atoms with E-state index in [0.29, 0.717) is 26.5 Å². The highest BCUT2D eigenvalue weighted by Crippen LogP contribution is 2.29. The number of benzene rings is 1. The van der Waals surface area contributed by atoms with Gasteiger partial charge in [0.25, 0.3) is 5.56 Å². The van der Waals surface area contributed by atoms with Gasteiger partial charge >= 0.3 is 0 Å². The molecule has 7 nitrogen and oxygen atoms in total. The van der Waals surface area contributed by atoms with E-state index in [-0.39, 0.29) is 17.3 Å². The van der Waals surface area contributed by atoms with Crippen LogP contribution < -0.4 is 5.56 Å². The zero-order valence-electron chi connectivity index (χ0n) is 15.1. The lowest BCUT2D eigenvalue weighted by Gasteiger charge is -2.12. The van der Waals surface area contributed by atoms with Crippen LogP contribution >= 0.6 is 34.7 Å². The fourth-order valence-electron chi connectivity index (χ4n) is 2.76. The minimum Gasteiger partial charge on any atom is -0.494 e. The highest BCUT2D eigenvalue weighted by atomic mass is 35.5. The summed E-state index contributed by atoms with van der Waals surface area (Å²) in [6, 6.07) is 10.2. The fraction of sp³-hybridized carbons (Fsp3) is 0.105. The lowest BCUT2D eigenvalue weighted by molar-refractivity contribution is 0.435. The number of aliphatic imine (C=N–C) groups is 1. The monoisotopic (exact) mass is 443 g/mol. The van der Waals surface area contributed by atoms with Gasteiger partial charge in [0, 0.05) is 23.2 Å². The summed E-state index contributed by atoms with van der Waals surface area (Å²) in [6.07, 6.45) is 2.91. The van der Waals surface area contributed by atoms with Crippen molar-refractivity contribution >= 4 is 56.8 Å². The van der Waals surface area contributed by atoms with Gasteiger partial charge in [0.2, 0.25) is 11.0 Å². The molecule has 0 amide bonds. The Kier molecular flexibility index (Phi) is 5.61. The summed E-state index contributed by atoms with van der Waals surface area (Å²) in [5.74, 6) is 0.887. The van der Waals surface area contributed by atoms with Crippen molar-refractivity contribution < 1.29 is 5.11 Å². The van der Waals surface area contributed by atoms with Gasteiger partial charge in [0.15, 0.2) is 4.34 Å². The maximum atomic E-state index is 13.0. The fourth-order valence-corrected chi connectivity index (χ4v) is 4.45. The summed E-state index contributed by atoms with van der Waals surface area (Å²) in [5.41, 5.74) is -0.000496. The zero-order chi connectivity index (χ0) is 20.4. The third-order valence-electron chi connectivity index (χ3n) is 4.01. The van der Waals surface area contributed by atoms with Gasteiger partial charge < -0.3 is 5.11 Å². The number of fused-ring (bicyclic) bond motifs is 1. The molecule has 3 heterocycles. The Morgan fingerprint density at radius 1 is 1.24 bits per heavy atom. The van der Waals surface area contributed by atoms with E-state index >= 15 is 0 Å². The predicted molar refractivity (Wildman–Crippen MR) is 118 cm³/mol. The van der Waals surface area contributed by atoms with Gasteiger partial charge in [-0.1, -0.05) is 59.8 Å². The molecule has 0 bridgehead atoms. The van der Waals surface area contributed by atoms with E-state index in [2.05, 4.69) is 20.2 Å². The Morgan fingerprint density at radius 3 is 2.76 bits per heavy atom. The number of thioether (sulfide) groups is 1. The second kappa shape index (κ2) is 8.32. The first-order valence-electron chi connectivity index (χ1n) is 8.57. The molecule has 0 radical (unpaired) electrons. The SMILES string of the molecule is CCSc1nnc(N=Cc2c(O)n(-c3ccc(Cl)cn3)c(=O)c3ccccc23)s1. The second-order valence-corrected chi connectivity index (χ2v) is 8.70. The van der Waals surface area contributed by atoms with E-state index in [1.165, 1.54) is 23.7 Å². The first-order valence-corrected chi connectivity index (χ1v) is 10.8. The minimum absolute atomic E-state index is 0.259. The van der Waals surface area contributed by atoms with Crippen molar-refractivity contribution in [2.45, 2.75) is 11.3 Å². The molecule has 146 valence electrons. The number of aromatic nitrogens is 4. The van der Waals surface area contributed by atoms with Crippen LogP contribution in [-0.4, -0.2) is 36.8 Å². The molecule has 4 aromatic rings. The maximum absolute atomic E-state index is 13.0. The van der Waals surface area contributed by atoms with E-state index in [9.17, 15) is 9.90 Å². The van der Waals surface area contributed by atoms with E-state index in [1.807, 2.05) is 6.92 Å². The Labute approximate surface area is 178 Å². The van der Waals surface area contributed by atoms with Crippen LogP contribution in [0.4, 0.5) is 5.13 Å². The third-order valence-corrected chi connectivity index (χ3v) is 6.08. The average Bonchev–Trinajstić information content (AvgIpc) is 3.17. The van der Waals surface area contributed by atoms with Crippen LogP contribution in [0, 0.1) is 0 Å². The van der Waals surface area contributed by atoms with Crippen LogP contribution in [0.25, 0.3) is 16.6 Å². The molecule has 1 N–H and O–H groups in total. The van der Waals surface area contributed by atoms with E-state index in [1.54, 1.807) is 48.2 Å². The van der Waals surface area contributed by atoms with Crippen molar-refractivity contribution in [3.63, 3.8) is 0 Å². The Hall–Kier alpha value is -2.75. The summed E-state index contributed by atoms with van der Waals surface area (Å²) in [6.45, 7) is 2.03. The summed E-state index contributed by atoms with van der Waals surface area (Å²) in [7, 11) is 0.